The first kappa shape index (κ1) is 29.1. The second-order valence-corrected chi connectivity index (χ2v) is 16.1. The van der Waals surface area contributed by atoms with Gasteiger partial charge in [0, 0.05) is 42.0 Å². The average Bonchev–Trinajstić information content (AvgIpc) is 3.93. The number of benzene rings is 2. The lowest BCUT2D eigenvalue weighted by Gasteiger charge is -2.44. The molecule has 2 aromatic rings. The van der Waals surface area contributed by atoms with Crippen LogP contribution in [-0.2, 0) is 46.0 Å². The number of hydrogen-bond donors (Lipinski definition) is 0. The van der Waals surface area contributed by atoms with E-state index in [0.29, 0.717) is 0 Å². The van der Waals surface area contributed by atoms with Gasteiger partial charge in [0.2, 0.25) is 0 Å². The Kier molecular flexibility index (Phi) is 6.30. The second kappa shape index (κ2) is 9.97. The standard InChI is InChI=1S/C42H50N2O2/c1-40(2)32-19-16-26-10-8-14-30(26)38(32)43(5)35(40)21-18-28-12-7-13-29(37(28)34-24-45-34)22-23-42(36-25-46-36)41(3,4)33-20-17-27-11-9-15-31(27)39(33)44(42)6/h16-23,34,36H,7-15,24-25H2,1-6H3/b23-22+,28-18+,35-21-. The number of epoxide rings is 2. The van der Waals surface area contributed by atoms with E-state index < -0.39 is 0 Å². The predicted octanol–water partition coefficient (Wildman–Crippen LogP) is 8.20. The van der Waals surface area contributed by atoms with Crippen molar-refractivity contribution in [2.24, 2.45) is 0 Å². The minimum Gasteiger partial charge on any atom is -0.370 e. The molecule has 9 rings (SSSR count). The van der Waals surface area contributed by atoms with Crippen LogP contribution in [0.1, 0.15) is 93.2 Å². The largest absolute Gasteiger partial charge is 0.370 e. The van der Waals surface area contributed by atoms with Gasteiger partial charge >= 0.3 is 0 Å². The van der Waals surface area contributed by atoms with E-state index in [-0.39, 0.29) is 28.6 Å². The van der Waals surface area contributed by atoms with Gasteiger partial charge in [0.1, 0.15) is 12.2 Å². The van der Waals surface area contributed by atoms with Gasteiger partial charge in [-0.15, -0.1) is 0 Å². The zero-order valence-electron chi connectivity index (χ0n) is 28.8. The van der Waals surface area contributed by atoms with E-state index in [9.17, 15) is 0 Å². The summed E-state index contributed by atoms with van der Waals surface area (Å²) in [5.74, 6) is 0. The number of allylic oxidation sites excluding steroid dienone is 5. The summed E-state index contributed by atoms with van der Waals surface area (Å²) in [6, 6.07) is 9.65. The number of nitrogens with zero attached hydrogens (tertiary/aromatic N) is 2. The second-order valence-electron chi connectivity index (χ2n) is 16.1. The van der Waals surface area contributed by atoms with E-state index in [2.05, 4.69) is 100 Å². The summed E-state index contributed by atoms with van der Waals surface area (Å²) in [6.07, 6.45) is 21.2. The summed E-state index contributed by atoms with van der Waals surface area (Å²) in [4.78, 5) is 5.12. The van der Waals surface area contributed by atoms with E-state index in [0.717, 1.165) is 26.1 Å². The molecule has 240 valence electrons. The highest BCUT2D eigenvalue weighted by molar-refractivity contribution is 5.76. The van der Waals surface area contributed by atoms with E-state index in [1.54, 1.807) is 22.3 Å². The average molecular weight is 615 g/mol. The summed E-state index contributed by atoms with van der Waals surface area (Å²) >= 11 is 0. The third kappa shape index (κ3) is 3.92. The molecular weight excluding hydrogens is 564 g/mol. The molecule has 0 amide bonds. The van der Waals surface area contributed by atoms with Gasteiger partial charge in [0.15, 0.2) is 0 Å². The van der Waals surface area contributed by atoms with Crippen molar-refractivity contribution in [2.75, 3.05) is 37.1 Å². The van der Waals surface area contributed by atoms with Crippen molar-refractivity contribution >= 4 is 11.4 Å². The number of aryl methyl sites for hydroxylation is 2. The molecule has 46 heavy (non-hydrogen) atoms. The molecule has 0 bridgehead atoms. The number of hydrogen-bond acceptors (Lipinski definition) is 4. The predicted molar refractivity (Wildman–Crippen MR) is 188 cm³/mol. The van der Waals surface area contributed by atoms with Gasteiger partial charge < -0.3 is 19.3 Å². The Bertz CT molecular complexity index is 1780. The van der Waals surface area contributed by atoms with Crippen molar-refractivity contribution in [2.45, 2.75) is 114 Å². The van der Waals surface area contributed by atoms with Crippen molar-refractivity contribution in [1.82, 2.24) is 0 Å². The molecule has 4 heterocycles. The molecule has 2 aromatic carbocycles. The van der Waals surface area contributed by atoms with Crippen LogP contribution in [0.25, 0.3) is 0 Å². The molecule has 3 aliphatic carbocycles. The van der Waals surface area contributed by atoms with Gasteiger partial charge in [-0.3, -0.25) is 0 Å². The van der Waals surface area contributed by atoms with Crippen molar-refractivity contribution in [1.29, 1.82) is 0 Å². The van der Waals surface area contributed by atoms with Crippen molar-refractivity contribution in [3.63, 3.8) is 0 Å². The summed E-state index contributed by atoms with van der Waals surface area (Å²) in [5.41, 5.74) is 17.7. The molecule has 0 saturated carbocycles. The lowest BCUT2D eigenvalue weighted by atomic mass is 9.67. The van der Waals surface area contributed by atoms with Gasteiger partial charge in [-0.25, -0.2) is 0 Å². The fraction of sp³-hybridized carbons (Fsp3) is 0.524. The van der Waals surface area contributed by atoms with E-state index in [4.69, 9.17) is 9.47 Å². The van der Waals surface area contributed by atoms with Gasteiger partial charge in [-0.1, -0.05) is 70.2 Å². The Morgan fingerprint density at radius 2 is 1.39 bits per heavy atom. The first-order valence-electron chi connectivity index (χ1n) is 18.0. The lowest BCUT2D eigenvalue weighted by molar-refractivity contribution is 0.246. The van der Waals surface area contributed by atoms with Crippen LogP contribution < -0.4 is 9.80 Å². The minimum atomic E-state index is -0.207. The molecule has 4 heteroatoms. The normalized spacial score (nSPS) is 31.7. The monoisotopic (exact) mass is 614 g/mol. The molecule has 3 unspecified atom stereocenters. The highest BCUT2D eigenvalue weighted by Crippen LogP contribution is 2.58. The van der Waals surface area contributed by atoms with E-state index >= 15 is 0 Å². The third-order valence-electron chi connectivity index (χ3n) is 13.1. The first-order chi connectivity index (χ1) is 22.1. The molecule has 0 spiro atoms. The van der Waals surface area contributed by atoms with Crippen LogP contribution in [0.5, 0.6) is 0 Å². The topological polar surface area (TPSA) is 31.5 Å². The maximum absolute atomic E-state index is 6.22. The lowest BCUT2D eigenvalue weighted by Crippen LogP contribution is -2.57. The van der Waals surface area contributed by atoms with Gasteiger partial charge in [0.05, 0.1) is 18.8 Å². The number of rotatable bonds is 5. The molecule has 4 nitrogen and oxygen atoms in total. The number of fused-ring (bicyclic) bond motifs is 6. The molecule has 2 fully saturated rings. The number of anilines is 2. The van der Waals surface area contributed by atoms with Crippen LogP contribution in [0.4, 0.5) is 11.4 Å². The molecule has 4 aliphatic heterocycles. The quantitative estimate of drug-likeness (QED) is 0.318. The molecule has 0 N–H and O–H groups in total. The first-order valence-corrected chi connectivity index (χ1v) is 18.0. The van der Waals surface area contributed by atoms with E-state index in [1.165, 1.54) is 89.9 Å². The van der Waals surface area contributed by atoms with Crippen molar-refractivity contribution < 1.29 is 9.47 Å². The maximum Gasteiger partial charge on any atom is 0.109 e. The Morgan fingerprint density at radius 3 is 2.07 bits per heavy atom. The summed E-state index contributed by atoms with van der Waals surface area (Å²) in [6.45, 7) is 11.4. The fourth-order valence-corrected chi connectivity index (χ4v) is 10.6. The van der Waals surface area contributed by atoms with Crippen LogP contribution in [0.2, 0.25) is 0 Å². The Morgan fingerprint density at radius 1 is 0.739 bits per heavy atom. The Balaban J connectivity index is 1.10. The number of ether oxygens (including phenoxy) is 2. The highest BCUT2D eigenvalue weighted by Gasteiger charge is 2.63. The van der Waals surface area contributed by atoms with Crippen LogP contribution in [0, 0.1) is 0 Å². The fourth-order valence-electron chi connectivity index (χ4n) is 10.6. The summed E-state index contributed by atoms with van der Waals surface area (Å²) in [7, 11) is 4.63. The summed E-state index contributed by atoms with van der Waals surface area (Å²) < 4.78 is 12.3. The third-order valence-corrected chi connectivity index (χ3v) is 13.1. The van der Waals surface area contributed by atoms with Crippen LogP contribution in [0.15, 0.2) is 71.0 Å². The van der Waals surface area contributed by atoms with Crippen molar-refractivity contribution in [3.05, 3.63) is 104 Å². The summed E-state index contributed by atoms with van der Waals surface area (Å²) in [5, 5.41) is 0. The van der Waals surface area contributed by atoms with Crippen molar-refractivity contribution in [3.8, 4) is 0 Å². The minimum absolute atomic E-state index is 0.0133. The molecule has 0 radical (unpaired) electrons. The highest BCUT2D eigenvalue weighted by atomic mass is 16.6. The molecule has 3 atom stereocenters. The smallest absolute Gasteiger partial charge is 0.109 e. The molecule has 0 aromatic heterocycles. The SMILES string of the molecule is CN1/C(=C\C=C2/CCCC(/C=C/C3(C4CO4)N(C)c4c(ccc5c4CCC5)C3(C)C)=C2C2CO2)C(C)(C)c2ccc3c(c21)CCC3. The maximum atomic E-state index is 6.22. The van der Waals surface area contributed by atoms with Crippen LogP contribution in [0.3, 0.4) is 0 Å². The zero-order valence-corrected chi connectivity index (χ0v) is 28.8. The van der Waals surface area contributed by atoms with Crippen LogP contribution >= 0.6 is 0 Å². The van der Waals surface area contributed by atoms with Gasteiger partial charge in [0.25, 0.3) is 0 Å². The Hall–Kier alpha value is -3.08. The van der Waals surface area contributed by atoms with Gasteiger partial charge in [-0.05, 0) is 114 Å². The molecule has 2 saturated heterocycles. The molecule has 7 aliphatic rings. The Labute approximate surface area is 275 Å². The molecular formula is C42H50N2O2. The zero-order chi connectivity index (χ0) is 31.6. The van der Waals surface area contributed by atoms with Crippen LogP contribution in [-0.4, -0.2) is 45.1 Å². The number of likely N-dealkylation sites (N-methyl/N-ethyl adjacent to an activating group) is 2. The van der Waals surface area contributed by atoms with Gasteiger partial charge in [-0.2, -0.15) is 0 Å². The van der Waals surface area contributed by atoms with E-state index in [1.807, 2.05) is 0 Å².